The van der Waals surface area contributed by atoms with Crippen molar-refractivity contribution < 1.29 is 4.74 Å². The summed E-state index contributed by atoms with van der Waals surface area (Å²) >= 11 is 0. The van der Waals surface area contributed by atoms with Crippen molar-refractivity contribution in [3.05, 3.63) is 28.8 Å². The molecule has 0 N–H and O–H groups in total. The quantitative estimate of drug-likeness (QED) is 0.751. The number of hydrogen-bond donors (Lipinski definition) is 0. The van der Waals surface area contributed by atoms with E-state index in [4.69, 9.17) is 15.3 Å². The maximum atomic E-state index is 8.66. The fraction of sp³-hybridized carbons (Fsp3) is 0.333. The van der Waals surface area contributed by atoms with Gasteiger partial charge in [0.25, 0.3) is 0 Å². The number of hydrogen-bond acceptors (Lipinski definition) is 3. The maximum Gasteiger partial charge on any atom is 0.123 e. The third-order valence-corrected chi connectivity index (χ3v) is 2.28. The first-order valence-electron chi connectivity index (χ1n) is 4.63. The molecule has 0 radical (unpaired) electrons. The van der Waals surface area contributed by atoms with E-state index in [9.17, 15) is 0 Å². The molecule has 0 saturated carbocycles. The van der Waals surface area contributed by atoms with Crippen LogP contribution in [0.2, 0.25) is 0 Å². The predicted molar refractivity (Wildman–Crippen MR) is 56.4 cm³/mol. The Kier molecular flexibility index (Phi) is 3.71. The monoisotopic (exact) mass is 200 g/mol. The van der Waals surface area contributed by atoms with E-state index < -0.39 is 0 Å². The fourth-order valence-corrected chi connectivity index (χ4v) is 1.47. The molecule has 0 bridgehead atoms. The second kappa shape index (κ2) is 5.02. The number of nitriles is 2. The molecule has 0 aliphatic carbocycles. The molecular weight excluding hydrogens is 188 g/mol. The van der Waals surface area contributed by atoms with Gasteiger partial charge in [0, 0.05) is 5.56 Å². The summed E-state index contributed by atoms with van der Waals surface area (Å²) in [5.41, 5.74) is 2.83. The summed E-state index contributed by atoms with van der Waals surface area (Å²) in [6.45, 7) is 1.94. The van der Waals surface area contributed by atoms with Gasteiger partial charge in [-0.15, -0.1) is 0 Å². The summed E-state index contributed by atoms with van der Waals surface area (Å²) < 4.78 is 5.18. The molecule has 1 rings (SSSR count). The van der Waals surface area contributed by atoms with Gasteiger partial charge in [0.05, 0.1) is 32.1 Å². The molecule has 0 aliphatic heterocycles. The number of rotatable bonds is 3. The average molecular weight is 200 g/mol. The number of nitrogens with zero attached hydrogens (tertiary/aromatic N) is 2. The molecule has 0 atom stereocenters. The van der Waals surface area contributed by atoms with Gasteiger partial charge >= 0.3 is 0 Å². The number of ether oxygens (including phenoxy) is 1. The van der Waals surface area contributed by atoms with E-state index in [0.29, 0.717) is 12.8 Å². The van der Waals surface area contributed by atoms with Gasteiger partial charge in [-0.05, 0) is 30.2 Å². The molecule has 3 heteroatoms. The van der Waals surface area contributed by atoms with Crippen LogP contribution in [-0.4, -0.2) is 7.11 Å². The van der Waals surface area contributed by atoms with Crippen LogP contribution in [-0.2, 0) is 12.8 Å². The molecule has 0 heterocycles. The van der Waals surface area contributed by atoms with Crippen LogP contribution in [0.4, 0.5) is 0 Å². The molecule has 1 aromatic carbocycles. The Morgan fingerprint density at radius 3 is 2.27 bits per heavy atom. The van der Waals surface area contributed by atoms with Crippen LogP contribution in [0.25, 0.3) is 0 Å². The molecule has 0 fully saturated rings. The first-order valence-corrected chi connectivity index (χ1v) is 4.63. The third-order valence-electron chi connectivity index (χ3n) is 2.28. The highest BCUT2D eigenvalue weighted by Gasteiger charge is 2.07. The van der Waals surface area contributed by atoms with Crippen LogP contribution in [0, 0.1) is 29.6 Å². The number of benzene rings is 1. The Bertz CT molecular complexity index is 438. The van der Waals surface area contributed by atoms with Crippen LogP contribution >= 0.6 is 0 Å². The zero-order valence-electron chi connectivity index (χ0n) is 8.87. The van der Waals surface area contributed by atoms with Crippen molar-refractivity contribution in [2.24, 2.45) is 0 Å². The topological polar surface area (TPSA) is 56.8 Å². The zero-order chi connectivity index (χ0) is 11.3. The Morgan fingerprint density at radius 2 is 1.73 bits per heavy atom. The van der Waals surface area contributed by atoms with E-state index in [1.165, 1.54) is 0 Å². The molecule has 0 spiro atoms. The van der Waals surface area contributed by atoms with Gasteiger partial charge in [0.2, 0.25) is 0 Å². The van der Waals surface area contributed by atoms with Crippen molar-refractivity contribution in [1.82, 2.24) is 0 Å². The molecule has 0 aliphatic rings. The van der Waals surface area contributed by atoms with Gasteiger partial charge in [-0.25, -0.2) is 0 Å². The Labute approximate surface area is 89.5 Å². The third kappa shape index (κ3) is 2.48. The lowest BCUT2D eigenvalue weighted by atomic mass is 10.0. The number of aryl methyl sites for hydroxylation is 1. The molecule has 0 saturated heterocycles. The molecule has 3 nitrogen and oxygen atoms in total. The fourth-order valence-electron chi connectivity index (χ4n) is 1.47. The second-order valence-electron chi connectivity index (χ2n) is 3.26. The van der Waals surface area contributed by atoms with Crippen LogP contribution in [0.5, 0.6) is 5.75 Å². The SMILES string of the molecule is COc1cc(C)c(CC#N)cc1CC#N. The first-order chi connectivity index (χ1) is 7.22. The molecule has 15 heavy (non-hydrogen) atoms. The van der Waals surface area contributed by atoms with Crippen molar-refractivity contribution >= 4 is 0 Å². The maximum absolute atomic E-state index is 8.66. The van der Waals surface area contributed by atoms with Crippen molar-refractivity contribution in [2.75, 3.05) is 7.11 Å². The van der Waals surface area contributed by atoms with Crippen LogP contribution < -0.4 is 4.74 Å². The minimum atomic E-state index is 0.307. The van der Waals surface area contributed by atoms with Crippen molar-refractivity contribution in [1.29, 1.82) is 10.5 Å². The lowest BCUT2D eigenvalue weighted by Crippen LogP contribution is -1.96. The average Bonchev–Trinajstić information content (AvgIpc) is 2.23. The molecule has 0 aromatic heterocycles. The summed E-state index contributed by atoms with van der Waals surface area (Å²) in [7, 11) is 1.58. The van der Waals surface area contributed by atoms with Gasteiger partial charge in [0.1, 0.15) is 5.75 Å². The van der Waals surface area contributed by atoms with Crippen molar-refractivity contribution in [2.45, 2.75) is 19.8 Å². The molecule has 1 aromatic rings. The van der Waals surface area contributed by atoms with E-state index in [1.807, 2.05) is 19.1 Å². The summed E-state index contributed by atoms with van der Waals surface area (Å²) in [6, 6.07) is 7.94. The minimum absolute atomic E-state index is 0.307. The number of methoxy groups -OCH3 is 1. The van der Waals surface area contributed by atoms with Crippen molar-refractivity contribution in [3.8, 4) is 17.9 Å². The van der Waals surface area contributed by atoms with Gasteiger partial charge < -0.3 is 4.74 Å². The Balaban J connectivity index is 3.20. The molecular formula is C12H12N2O. The molecule has 76 valence electrons. The highest BCUT2D eigenvalue weighted by molar-refractivity contribution is 5.44. The van der Waals surface area contributed by atoms with Gasteiger partial charge in [-0.3, -0.25) is 0 Å². The largest absolute Gasteiger partial charge is 0.496 e. The van der Waals surface area contributed by atoms with Crippen LogP contribution in [0.1, 0.15) is 16.7 Å². The molecule has 0 amide bonds. The van der Waals surface area contributed by atoms with E-state index >= 15 is 0 Å². The van der Waals surface area contributed by atoms with E-state index in [0.717, 1.165) is 22.4 Å². The Hall–Kier alpha value is -2.00. The van der Waals surface area contributed by atoms with Gasteiger partial charge in [-0.1, -0.05) is 0 Å². The second-order valence-corrected chi connectivity index (χ2v) is 3.26. The summed E-state index contributed by atoms with van der Waals surface area (Å²) in [5, 5.41) is 17.3. The lowest BCUT2D eigenvalue weighted by Gasteiger charge is -2.10. The zero-order valence-corrected chi connectivity index (χ0v) is 8.87. The van der Waals surface area contributed by atoms with Crippen molar-refractivity contribution in [3.63, 3.8) is 0 Å². The van der Waals surface area contributed by atoms with Crippen LogP contribution in [0.3, 0.4) is 0 Å². The first kappa shape index (κ1) is 11.1. The summed E-state index contributed by atoms with van der Waals surface area (Å²) in [4.78, 5) is 0. The highest BCUT2D eigenvalue weighted by Crippen LogP contribution is 2.24. The van der Waals surface area contributed by atoms with Gasteiger partial charge in [-0.2, -0.15) is 10.5 Å². The standard InChI is InChI=1S/C12H12N2O/c1-9-7-12(15-2)11(4-6-14)8-10(9)3-5-13/h7-8H,3-4H2,1-2H3. The normalized spacial score (nSPS) is 9.07. The van der Waals surface area contributed by atoms with Gasteiger partial charge in [0.15, 0.2) is 0 Å². The smallest absolute Gasteiger partial charge is 0.123 e. The van der Waals surface area contributed by atoms with Crippen LogP contribution in [0.15, 0.2) is 12.1 Å². The minimum Gasteiger partial charge on any atom is -0.496 e. The molecule has 0 unspecified atom stereocenters. The highest BCUT2D eigenvalue weighted by atomic mass is 16.5. The van der Waals surface area contributed by atoms with E-state index in [2.05, 4.69) is 12.1 Å². The Morgan fingerprint density at radius 1 is 1.13 bits per heavy atom. The van der Waals surface area contributed by atoms with E-state index in [-0.39, 0.29) is 0 Å². The summed E-state index contributed by atoms with van der Waals surface area (Å²) in [5.74, 6) is 0.718. The lowest BCUT2D eigenvalue weighted by molar-refractivity contribution is 0.410. The predicted octanol–water partition coefficient (Wildman–Crippen LogP) is 2.14. The van der Waals surface area contributed by atoms with E-state index in [1.54, 1.807) is 7.11 Å². The summed E-state index contributed by atoms with van der Waals surface area (Å²) in [6.07, 6.45) is 0.677.